The molecule has 0 aliphatic carbocycles. The highest BCUT2D eigenvalue weighted by Crippen LogP contribution is 2.20. The fraction of sp³-hybridized carbons (Fsp3) is 0.111. The quantitative estimate of drug-likeness (QED) is 0.565. The summed E-state index contributed by atoms with van der Waals surface area (Å²) >= 11 is 1.66. The van der Waals surface area contributed by atoms with Crippen LogP contribution in [0, 0.1) is 0 Å². The number of aromatic amines is 1. The van der Waals surface area contributed by atoms with E-state index >= 15 is 0 Å². The van der Waals surface area contributed by atoms with Crippen LogP contribution in [0.1, 0.15) is 6.92 Å². The lowest BCUT2D eigenvalue weighted by molar-refractivity contribution is 0.988. The Morgan fingerprint density at radius 2 is 1.36 bits per heavy atom. The molecule has 0 amide bonds. The van der Waals surface area contributed by atoms with Gasteiger partial charge in [-0.25, -0.2) is 4.57 Å². The number of H-pyrrole nitrogens is 1. The Morgan fingerprint density at radius 3 is 1.84 bits per heavy atom. The molecular formula is C18H12N2O4S. The van der Waals surface area contributed by atoms with Crippen molar-refractivity contribution in [2.24, 2.45) is 0 Å². The zero-order chi connectivity index (χ0) is 17.7. The molecule has 4 rings (SSSR count). The van der Waals surface area contributed by atoms with Crippen molar-refractivity contribution < 1.29 is 0 Å². The minimum Gasteiger partial charge on any atom is -0.288 e. The highest BCUT2D eigenvalue weighted by atomic mass is 32.2. The molecule has 0 saturated carbocycles. The van der Waals surface area contributed by atoms with E-state index < -0.39 is 22.2 Å². The zero-order valence-corrected chi connectivity index (χ0v) is 14.0. The molecule has 6 nitrogen and oxygen atoms in total. The molecule has 1 N–H and O–H groups in total. The SMILES string of the molecule is CCSc1ccc(-n2c(=O)c3cc4c(=O)[nH]c(=O)c4cc3c2=O)cc1. The van der Waals surface area contributed by atoms with Crippen molar-refractivity contribution in [2.75, 3.05) is 5.75 Å². The summed E-state index contributed by atoms with van der Waals surface area (Å²) in [6, 6.07) is 9.78. The Morgan fingerprint density at radius 1 is 0.840 bits per heavy atom. The largest absolute Gasteiger partial charge is 0.288 e. The molecule has 0 aliphatic rings. The number of aromatic nitrogens is 2. The Balaban J connectivity index is 2.02. The molecule has 7 heteroatoms. The van der Waals surface area contributed by atoms with Crippen LogP contribution in [0.2, 0.25) is 0 Å². The van der Waals surface area contributed by atoms with Gasteiger partial charge in [-0.15, -0.1) is 11.8 Å². The van der Waals surface area contributed by atoms with Gasteiger partial charge in [0.25, 0.3) is 22.2 Å². The molecule has 4 aromatic rings. The van der Waals surface area contributed by atoms with E-state index in [-0.39, 0.29) is 21.5 Å². The van der Waals surface area contributed by atoms with E-state index in [0.29, 0.717) is 5.69 Å². The summed E-state index contributed by atoms with van der Waals surface area (Å²) in [6.45, 7) is 2.04. The predicted molar refractivity (Wildman–Crippen MR) is 99.0 cm³/mol. The Bertz CT molecular complexity index is 1250. The van der Waals surface area contributed by atoms with Crippen LogP contribution >= 0.6 is 11.8 Å². The van der Waals surface area contributed by atoms with E-state index in [0.717, 1.165) is 15.2 Å². The maximum atomic E-state index is 12.7. The first-order chi connectivity index (χ1) is 12.0. The van der Waals surface area contributed by atoms with Gasteiger partial charge < -0.3 is 0 Å². The first-order valence-corrected chi connectivity index (χ1v) is 8.65. The summed E-state index contributed by atoms with van der Waals surface area (Å²) in [4.78, 5) is 52.1. The molecule has 124 valence electrons. The Hall–Kier alpha value is -2.93. The number of thioether (sulfide) groups is 1. The number of hydrogen-bond acceptors (Lipinski definition) is 5. The van der Waals surface area contributed by atoms with Gasteiger partial charge in [0, 0.05) is 4.90 Å². The zero-order valence-electron chi connectivity index (χ0n) is 13.2. The van der Waals surface area contributed by atoms with Gasteiger partial charge in [-0.3, -0.25) is 24.2 Å². The molecule has 0 radical (unpaired) electrons. The highest BCUT2D eigenvalue weighted by Gasteiger charge is 2.17. The van der Waals surface area contributed by atoms with Crippen LogP contribution in [0.15, 0.2) is 60.5 Å². The lowest BCUT2D eigenvalue weighted by Gasteiger charge is -2.02. The van der Waals surface area contributed by atoms with Crippen molar-refractivity contribution in [1.82, 2.24) is 9.55 Å². The van der Waals surface area contributed by atoms with Gasteiger partial charge in [0.15, 0.2) is 0 Å². The van der Waals surface area contributed by atoms with E-state index in [4.69, 9.17) is 0 Å². The molecule has 0 saturated heterocycles. The summed E-state index contributed by atoms with van der Waals surface area (Å²) in [5.74, 6) is 0.925. The fourth-order valence-corrected chi connectivity index (χ4v) is 3.65. The van der Waals surface area contributed by atoms with Gasteiger partial charge in [-0.05, 0) is 42.2 Å². The van der Waals surface area contributed by atoms with Crippen LogP contribution in [0.4, 0.5) is 0 Å². The third-order valence-electron chi connectivity index (χ3n) is 4.15. The van der Waals surface area contributed by atoms with Crippen molar-refractivity contribution in [1.29, 1.82) is 0 Å². The van der Waals surface area contributed by atoms with Crippen LogP contribution in [0.25, 0.3) is 27.2 Å². The van der Waals surface area contributed by atoms with E-state index in [1.807, 2.05) is 19.1 Å². The van der Waals surface area contributed by atoms with Gasteiger partial charge in [-0.2, -0.15) is 0 Å². The van der Waals surface area contributed by atoms with Crippen LogP contribution in [0.5, 0.6) is 0 Å². The highest BCUT2D eigenvalue weighted by molar-refractivity contribution is 7.99. The van der Waals surface area contributed by atoms with Crippen LogP contribution in [-0.2, 0) is 0 Å². The van der Waals surface area contributed by atoms with Crippen molar-refractivity contribution in [3.63, 3.8) is 0 Å². The second kappa shape index (κ2) is 5.56. The van der Waals surface area contributed by atoms with Crippen molar-refractivity contribution in [2.45, 2.75) is 11.8 Å². The summed E-state index contributed by atoms with van der Waals surface area (Å²) in [5.41, 5.74) is -1.64. The maximum absolute atomic E-state index is 12.7. The number of benzene rings is 2. The van der Waals surface area contributed by atoms with Crippen LogP contribution < -0.4 is 22.2 Å². The lowest BCUT2D eigenvalue weighted by Crippen LogP contribution is -2.23. The molecule has 0 aliphatic heterocycles. The number of hydrogen-bond donors (Lipinski definition) is 1. The van der Waals surface area contributed by atoms with Gasteiger partial charge in [0.1, 0.15) is 0 Å². The molecule has 0 atom stereocenters. The van der Waals surface area contributed by atoms with Crippen molar-refractivity contribution in [3.05, 3.63) is 77.8 Å². The molecule has 25 heavy (non-hydrogen) atoms. The fourth-order valence-electron chi connectivity index (χ4n) is 2.99. The van der Waals surface area contributed by atoms with Gasteiger partial charge in [0.05, 0.1) is 27.2 Å². The van der Waals surface area contributed by atoms with Crippen molar-refractivity contribution >= 4 is 33.3 Å². The lowest BCUT2D eigenvalue weighted by atomic mass is 10.1. The summed E-state index contributed by atoms with van der Waals surface area (Å²) in [5, 5.41) is 0.532. The van der Waals surface area contributed by atoms with E-state index in [1.165, 1.54) is 12.1 Å². The molecule has 2 aromatic heterocycles. The number of rotatable bonds is 3. The van der Waals surface area contributed by atoms with E-state index in [1.54, 1.807) is 23.9 Å². The Kier molecular flexibility index (Phi) is 3.47. The second-order valence-electron chi connectivity index (χ2n) is 5.60. The van der Waals surface area contributed by atoms with Gasteiger partial charge >= 0.3 is 0 Å². The first kappa shape index (κ1) is 15.6. The summed E-state index contributed by atoms with van der Waals surface area (Å²) in [7, 11) is 0. The molecular weight excluding hydrogens is 340 g/mol. The third kappa shape index (κ3) is 2.27. The van der Waals surface area contributed by atoms with Gasteiger partial charge in [-0.1, -0.05) is 6.92 Å². The topological polar surface area (TPSA) is 89.0 Å². The van der Waals surface area contributed by atoms with E-state index in [9.17, 15) is 19.2 Å². The molecule has 0 spiro atoms. The average Bonchev–Trinajstić information content (AvgIpc) is 3.02. The van der Waals surface area contributed by atoms with Crippen LogP contribution in [-0.4, -0.2) is 15.3 Å². The normalized spacial score (nSPS) is 11.6. The maximum Gasteiger partial charge on any atom is 0.266 e. The predicted octanol–water partition coefficient (Wildman–Crippen LogP) is 1.54. The first-order valence-electron chi connectivity index (χ1n) is 7.66. The second-order valence-corrected chi connectivity index (χ2v) is 6.94. The molecule has 0 unspecified atom stereocenters. The Labute approximate surface area is 144 Å². The molecule has 2 aromatic carbocycles. The number of nitrogens with zero attached hydrogens (tertiary/aromatic N) is 1. The number of fused-ring (bicyclic) bond motifs is 2. The van der Waals surface area contributed by atoms with Crippen molar-refractivity contribution in [3.8, 4) is 5.69 Å². The minimum atomic E-state index is -0.553. The monoisotopic (exact) mass is 352 g/mol. The number of nitrogens with one attached hydrogen (secondary N) is 1. The summed E-state index contributed by atoms with van der Waals surface area (Å²) in [6.07, 6.45) is 0. The summed E-state index contributed by atoms with van der Waals surface area (Å²) < 4.78 is 1.07. The molecule has 2 heterocycles. The molecule has 0 fully saturated rings. The minimum absolute atomic E-state index is 0.126. The average molecular weight is 352 g/mol. The van der Waals surface area contributed by atoms with Crippen LogP contribution in [0.3, 0.4) is 0 Å². The molecule has 0 bridgehead atoms. The third-order valence-corrected chi connectivity index (χ3v) is 5.04. The van der Waals surface area contributed by atoms with E-state index in [2.05, 4.69) is 4.98 Å². The smallest absolute Gasteiger partial charge is 0.266 e. The standard InChI is InChI=1S/C18H12N2O4S/c1-2-25-10-5-3-9(4-6-10)20-17(23)13-7-11-12(8-14(13)18(20)24)16(22)19-15(11)21/h3-8H,2H2,1H3,(H,19,21,22). The van der Waals surface area contributed by atoms with Gasteiger partial charge in [0.2, 0.25) is 0 Å².